The molecule has 0 aliphatic rings. The molecule has 0 saturated heterocycles. The Labute approximate surface area is 120 Å². The summed E-state index contributed by atoms with van der Waals surface area (Å²) in [5.74, 6) is 0.703. The molecule has 0 saturated carbocycles. The van der Waals surface area contributed by atoms with E-state index in [4.69, 9.17) is 33.7 Å². The topological polar surface area (TPSA) is 35.2 Å². The van der Waals surface area contributed by atoms with Crippen LogP contribution in [0.1, 0.15) is 17.9 Å². The van der Waals surface area contributed by atoms with Crippen LogP contribution < -0.4 is 10.5 Å². The Morgan fingerprint density at radius 3 is 2.56 bits per heavy atom. The van der Waals surface area contributed by atoms with Crippen molar-refractivity contribution in [3.05, 3.63) is 50.6 Å². The molecule has 1 aromatic carbocycles. The van der Waals surface area contributed by atoms with E-state index in [1.807, 2.05) is 31.2 Å². The second-order valence-electron chi connectivity index (χ2n) is 4.00. The van der Waals surface area contributed by atoms with Crippen molar-refractivity contribution < 1.29 is 4.74 Å². The molecule has 2 atom stereocenters. The third-order valence-corrected chi connectivity index (χ3v) is 3.94. The highest BCUT2D eigenvalue weighted by Gasteiger charge is 2.20. The number of nitrogens with two attached hydrogens (primary N) is 1. The molecule has 0 radical (unpaired) electrons. The molecule has 18 heavy (non-hydrogen) atoms. The summed E-state index contributed by atoms with van der Waals surface area (Å²) in [6.45, 7) is 1.91. The predicted molar refractivity (Wildman–Crippen MR) is 77.8 cm³/mol. The molecule has 0 bridgehead atoms. The first-order valence-corrected chi connectivity index (χ1v) is 7.06. The van der Waals surface area contributed by atoms with Gasteiger partial charge in [-0.1, -0.05) is 29.3 Å². The number of thiophene rings is 1. The van der Waals surface area contributed by atoms with E-state index in [0.717, 1.165) is 9.21 Å². The fourth-order valence-electron chi connectivity index (χ4n) is 1.59. The van der Waals surface area contributed by atoms with Crippen LogP contribution in [0.4, 0.5) is 0 Å². The number of hydrogen-bond donors (Lipinski definition) is 1. The van der Waals surface area contributed by atoms with E-state index >= 15 is 0 Å². The Bertz CT molecular complexity index is 527. The summed E-state index contributed by atoms with van der Waals surface area (Å²) in [5, 5.41) is 0.639. The normalized spacial score (nSPS) is 14.2. The molecule has 0 aliphatic carbocycles. The molecule has 2 rings (SSSR count). The molecule has 5 heteroatoms. The van der Waals surface area contributed by atoms with Gasteiger partial charge in [-0.05, 0) is 37.3 Å². The van der Waals surface area contributed by atoms with Crippen LogP contribution in [0.15, 0.2) is 36.4 Å². The van der Waals surface area contributed by atoms with Gasteiger partial charge in [0.1, 0.15) is 11.9 Å². The maximum atomic E-state index is 5.97. The fraction of sp³-hybridized carbons (Fsp3) is 0.231. The first-order valence-electron chi connectivity index (χ1n) is 5.49. The molecule has 2 aromatic rings. The van der Waals surface area contributed by atoms with E-state index in [1.54, 1.807) is 12.1 Å². The van der Waals surface area contributed by atoms with E-state index in [2.05, 4.69) is 0 Å². The standard InChI is InChI=1S/C13H13Cl2NOS/c1-8(16)13(11-5-6-12(15)18-11)17-10-4-2-3-9(14)7-10/h2-8,13H,16H2,1H3. The van der Waals surface area contributed by atoms with Crippen LogP contribution in [0.5, 0.6) is 5.75 Å². The van der Waals surface area contributed by atoms with Crippen molar-refractivity contribution >= 4 is 34.5 Å². The van der Waals surface area contributed by atoms with Crippen LogP contribution in [0.25, 0.3) is 0 Å². The average Bonchev–Trinajstić information content (AvgIpc) is 2.72. The summed E-state index contributed by atoms with van der Waals surface area (Å²) in [6, 6.07) is 10.9. The van der Waals surface area contributed by atoms with E-state index in [-0.39, 0.29) is 12.1 Å². The summed E-state index contributed by atoms with van der Waals surface area (Å²) in [6.07, 6.45) is -0.221. The van der Waals surface area contributed by atoms with Crippen LogP contribution in [-0.2, 0) is 0 Å². The highest BCUT2D eigenvalue weighted by atomic mass is 35.5. The molecule has 96 valence electrons. The molecule has 0 spiro atoms. The lowest BCUT2D eigenvalue weighted by molar-refractivity contribution is 0.184. The minimum absolute atomic E-state index is 0.140. The monoisotopic (exact) mass is 301 g/mol. The Morgan fingerprint density at radius 1 is 1.22 bits per heavy atom. The molecule has 2 N–H and O–H groups in total. The summed E-state index contributed by atoms with van der Waals surface area (Å²) in [5.41, 5.74) is 5.97. The number of benzene rings is 1. The SMILES string of the molecule is CC(N)C(Oc1cccc(Cl)c1)c1ccc(Cl)s1. The highest BCUT2D eigenvalue weighted by Crippen LogP contribution is 2.32. The lowest BCUT2D eigenvalue weighted by atomic mass is 10.1. The van der Waals surface area contributed by atoms with Gasteiger partial charge in [0.25, 0.3) is 0 Å². The van der Waals surface area contributed by atoms with E-state index in [1.165, 1.54) is 11.3 Å². The Morgan fingerprint density at radius 2 is 2.00 bits per heavy atom. The van der Waals surface area contributed by atoms with Gasteiger partial charge in [0.05, 0.1) is 4.34 Å². The molecular weight excluding hydrogens is 289 g/mol. The minimum Gasteiger partial charge on any atom is -0.483 e. The zero-order valence-electron chi connectivity index (χ0n) is 9.77. The number of hydrogen-bond acceptors (Lipinski definition) is 3. The molecule has 0 amide bonds. The molecule has 1 heterocycles. The zero-order valence-corrected chi connectivity index (χ0v) is 12.1. The van der Waals surface area contributed by atoms with Crippen LogP contribution in [0.2, 0.25) is 9.36 Å². The molecular formula is C13H13Cl2NOS. The van der Waals surface area contributed by atoms with E-state index < -0.39 is 0 Å². The maximum absolute atomic E-state index is 5.97. The van der Waals surface area contributed by atoms with E-state index in [9.17, 15) is 0 Å². The summed E-state index contributed by atoms with van der Waals surface area (Å²) in [4.78, 5) is 1.01. The second kappa shape index (κ2) is 5.93. The number of rotatable bonds is 4. The smallest absolute Gasteiger partial charge is 0.148 e. The summed E-state index contributed by atoms with van der Waals surface area (Å²) >= 11 is 13.3. The van der Waals surface area contributed by atoms with Crippen molar-refractivity contribution in [1.29, 1.82) is 0 Å². The van der Waals surface area contributed by atoms with Gasteiger partial charge < -0.3 is 10.5 Å². The number of ether oxygens (including phenoxy) is 1. The van der Waals surface area contributed by atoms with Crippen molar-refractivity contribution in [3.63, 3.8) is 0 Å². The fourth-order valence-corrected chi connectivity index (χ4v) is 2.98. The van der Waals surface area contributed by atoms with Gasteiger partial charge >= 0.3 is 0 Å². The Kier molecular flexibility index (Phi) is 4.51. The van der Waals surface area contributed by atoms with Crippen molar-refractivity contribution in [2.45, 2.75) is 19.1 Å². The van der Waals surface area contributed by atoms with Gasteiger partial charge in [-0.15, -0.1) is 11.3 Å². The molecule has 0 fully saturated rings. The second-order valence-corrected chi connectivity index (χ2v) is 6.18. The first kappa shape index (κ1) is 13.7. The van der Waals surface area contributed by atoms with Crippen molar-refractivity contribution in [1.82, 2.24) is 0 Å². The Balaban J connectivity index is 2.22. The van der Waals surface area contributed by atoms with Crippen molar-refractivity contribution in [3.8, 4) is 5.75 Å². The molecule has 0 aliphatic heterocycles. The zero-order chi connectivity index (χ0) is 13.1. The third-order valence-electron chi connectivity index (χ3n) is 2.41. The highest BCUT2D eigenvalue weighted by molar-refractivity contribution is 7.16. The lowest BCUT2D eigenvalue weighted by Gasteiger charge is -2.21. The van der Waals surface area contributed by atoms with Crippen LogP contribution in [0, 0.1) is 0 Å². The van der Waals surface area contributed by atoms with Gasteiger partial charge in [-0.3, -0.25) is 0 Å². The van der Waals surface area contributed by atoms with Gasteiger partial charge in [0, 0.05) is 15.9 Å². The van der Waals surface area contributed by atoms with Crippen LogP contribution in [0.3, 0.4) is 0 Å². The average molecular weight is 302 g/mol. The quantitative estimate of drug-likeness (QED) is 0.901. The van der Waals surface area contributed by atoms with Crippen molar-refractivity contribution in [2.24, 2.45) is 5.73 Å². The van der Waals surface area contributed by atoms with Crippen LogP contribution >= 0.6 is 34.5 Å². The Hall–Kier alpha value is -0.740. The van der Waals surface area contributed by atoms with Gasteiger partial charge in [0.2, 0.25) is 0 Å². The maximum Gasteiger partial charge on any atom is 0.148 e. The first-order chi connectivity index (χ1) is 8.56. The minimum atomic E-state index is -0.221. The molecule has 2 unspecified atom stereocenters. The van der Waals surface area contributed by atoms with Crippen molar-refractivity contribution in [2.75, 3.05) is 0 Å². The lowest BCUT2D eigenvalue weighted by Crippen LogP contribution is -2.28. The van der Waals surface area contributed by atoms with E-state index in [0.29, 0.717) is 10.8 Å². The summed E-state index contributed by atoms with van der Waals surface area (Å²) in [7, 11) is 0. The third kappa shape index (κ3) is 3.39. The number of halogens is 2. The van der Waals surface area contributed by atoms with Crippen LogP contribution in [-0.4, -0.2) is 6.04 Å². The van der Waals surface area contributed by atoms with Gasteiger partial charge in [-0.25, -0.2) is 0 Å². The predicted octanol–water partition coefficient (Wildman–Crippen LogP) is 4.52. The largest absolute Gasteiger partial charge is 0.483 e. The molecule has 1 aromatic heterocycles. The molecule has 2 nitrogen and oxygen atoms in total. The van der Waals surface area contributed by atoms with Gasteiger partial charge in [0.15, 0.2) is 0 Å². The summed E-state index contributed by atoms with van der Waals surface area (Å²) < 4.78 is 6.63. The van der Waals surface area contributed by atoms with Gasteiger partial charge in [-0.2, -0.15) is 0 Å².